The molecule has 0 fully saturated rings. The van der Waals surface area contributed by atoms with Crippen LogP contribution in [0.15, 0.2) is 29.1 Å². The van der Waals surface area contributed by atoms with E-state index in [2.05, 4.69) is 15.5 Å². The third-order valence-electron chi connectivity index (χ3n) is 2.77. The van der Waals surface area contributed by atoms with E-state index < -0.39 is 11.6 Å². The van der Waals surface area contributed by atoms with Gasteiger partial charge in [-0.3, -0.25) is 0 Å². The summed E-state index contributed by atoms with van der Waals surface area (Å²) in [5.74, 6) is -0.419. The molecule has 2 aromatic rings. The molecule has 0 saturated heterocycles. The highest BCUT2D eigenvalue weighted by molar-refractivity contribution is 5.18. The first-order chi connectivity index (χ1) is 9.06. The van der Waals surface area contributed by atoms with E-state index in [1.165, 1.54) is 18.5 Å². The van der Waals surface area contributed by atoms with Crippen LogP contribution in [0.2, 0.25) is 0 Å². The third-order valence-corrected chi connectivity index (χ3v) is 2.77. The van der Waals surface area contributed by atoms with Gasteiger partial charge in [0, 0.05) is 12.6 Å². The van der Waals surface area contributed by atoms with Crippen LogP contribution in [0.5, 0.6) is 0 Å². The summed E-state index contributed by atoms with van der Waals surface area (Å²) in [5.41, 5.74) is 0.534. The van der Waals surface area contributed by atoms with E-state index in [0.717, 1.165) is 6.07 Å². The number of benzene rings is 1. The lowest BCUT2D eigenvalue weighted by atomic mass is 10.0. The zero-order chi connectivity index (χ0) is 13.8. The average molecular weight is 267 g/mol. The Balaban J connectivity index is 2.07. The van der Waals surface area contributed by atoms with E-state index in [9.17, 15) is 8.78 Å². The molecule has 0 radical (unpaired) electrons. The van der Waals surface area contributed by atoms with Crippen LogP contribution in [-0.4, -0.2) is 10.1 Å². The van der Waals surface area contributed by atoms with Gasteiger partial charge in [-0.1, -0.05) is 19.0 Å². The van der Waals surface area contributed by atoms with Crippen molar-refractivity contribution < 1.29 is 13.3 Å². The average Bonchev–Trinajstić information content (AvgIpc) is 2.81. The minimum Gasteiger partial charge on any atom is -0.343 e. The molecule has 6 heteroatoms. The van der Waals surface area contributed by atoms with Crippen molar-refractivity contribution >= 4 is 0 Å². The number of rotatable bonds is 5. The Labute approximate surface area is 109 Å². The second-order valence-corrected chi connectivity index (χ2v) is 4.67. The lowest BCUT2D eigenvalue weighted by molar-refractivity contribution is 0.357. The molecule has 0 aliphatic rings. The second-order valence-electron chi connectivity index (χ2n) is 4.67. The maximum absolute atomic E-state index is 13.1. The minimum absolute atomic E-state index is 0.134. The van der Waals surface area contributed by atoms with Crippen LogP contribution in [0, 0.1) is 17.6 Å². The lowest BCUT2D eigenvalue weighted by Gasteiger charge is -2.19. The van der Waals surface area contributed by atoms with Crippen molar-refractivity contribution in [3.63, 3.8) is 0 Å². The molecule has 1 aromatic carbocycles. The van der Waals surface area contributed by atoms with E-state index >= 15 is 0 Å². The Kier molecular flexibility index (Phi) is 4.21. The van der Waals surface area contributed by atoms with E-state index in [1.807, 2.05) is 13.8 Å². The predicted octanol–water partition coefficient (Wildman–Crippen LogP) is 2.83. The fourth-order valence-corrected chi connectivity index (χ4v) is 1.88. The molecule has 1 heterocycles. The van der Waals surface area contributed by atoms with E-state index in [1.54, 1.807) is 0 Å². The summed E-state index contributed by atoms with van der Waals surface area (Å²) >= 11 is 0. The van der Waals surface area contributed by atoms with Crippen LogP contribution < -0.4 is 5.32 Å². The van der Waals surface area contributed by atoms with E-state index in [-0.39, 0.29) is 12.0 Å². The normalized spacial score (nSPS) is 12.9. The van der Waals surface area contributed by atoms with Gasteiger partial charge in [0.05, 0.1) is 6.04 Å². The summed E-state index contributed by atoms with van der Waals surface area (Å²) in [7, 11) is 0. The highest BCUT2D eigenvalue weighted by Gasteiger charge is 2.19. The largest absolute Gasteiger partial charge is 0.343 e. The first-order valence-corrected chi connectivity index (χ1v) is 6.01. The first kappa shape index (κ1) is 13.6. The fourth-order valence-electron chi connectivity index (χ4n) is 1.88. The number of hydrogen-bond acceptors (Lipinski definition) is 4. The van der Waals surface area contributed by atoms with E-state index in [0.29, 0.717) is 17.9 Å². The predicted molar refractivity (Wildman–Crippen MR) is 65.1 cm³/mol. The molecular weight excluding hydrogens is 252 g/mol. The number of nitrogens with one attached hydrogen (secondary N) is 1. The summed E-state index contributed by atoms with van der Waals surface area (Å²) in [5, 5.41) is 6.96. The van der Waals surface area contributed by atoms with Crippen molar-refractivity contribution in [3.05, 3.63) is 47.6 Å². The molecule has 4 nitrogen and oxygen atoms in total. The topological polar surface area (TPSA) is 51.0 Å². The Morgan fingerprint density at radius 2 is 1.89 bits per heavy atom. The number of aromatic nitrogens is 2. The zero-order valence-corrected chi connectivity index (χ0v) is 10.7. The van der Waals surface area contributed by atoms with Crippen molar-refractivity contribution in [2.45, 2.75) is 26.4 Å². The molecule has 0 bridgehead atoms. The van der Waals surface area contributed by atoms with Gasteiger partial charge in [0.25, 0.3) is 0 Å². The van der Waals surface area contributed by atoms with Crippen LogP contribution in [0.25, 0.3) is 0 Å². The molecule has 0 aliphatic carbocycles. The molecule has 102 valence electrons. The van der Waals surface area contributed by atoms with Gasteiger partial charge in [0.1, 0.15) is 11.6 Å². The van der Waals surface area contributed by atoms with Gasteiger partial charge in [0.2, 0.25) is 6.39 Å². The van der Waals surface area contributed by atoms with Gasteiger partial charge in [0.15, 0.2) is 5.82 Å². The number of nitrogens with zero attached hydrogens (tertiary/aromatic N) is 2. The summed E-state index contributed by atoms with van der Waals surface area (Å²) in [6, 6.07) is 3.31. The SMILES string of the molecule is CC(C)[C@@H](NCc1cc(F)cc(F)c1)c1ncon1. The molecular formula is C13H15F2N3O. The maximum Gasteiger partial charge on any atom is 0.213 e. The number of halogens is 2. The van der Waals surface area contributed by atoms with Gasteiger partial charge in [-0.15, -0.1) is 0 Å². The van der Waals surface area contributed by atoms with Gasteiger partial charge in [-0.2, -0.15) is 4.98 Å². The lowest BCUT2D eigenvalue weighted by Crippen LogP contribution is -2.26. The molecule has 1 N–H and O–H groups in total. The summed E-state index contributed by atoms with van der Waals surface area (Å²) in [6.07, 6.45) is 1.26. The summed E-state index contributed by atoms with van der Waals surface area (Å²) < 4.78 is 30.9. The summed E-state index contributed by atoms with van der Waals surface area (Å²) in [4.78, 5) is 4.00. The van der Waals surface area contributed by atoms with E-state index in [4.69, 9.17) is 4.52 Å². The van der Waals surface area contributed by atoms with Gasteiger partial charge < -0.3 is 9.84 Å². The van der Waals surface area contributed by atoms with Crippen molar-refractivity contribution in [1.82, 2.24) is 15.5 Å². The van der Waals surface area contributed by atoms with Crippen LogP contribution in [0.1, 0.15) is 31.3 Å². The van der Waals surface area contributed by atoms with Crippen molar-refractivity contribution in [2.75, 3.05) is 0 Å². The Bertz CT molecular complexity index is 508. The molecule has 19 heavy (non-hydrogen) atoms. The van der Waals surface area contributed by atoms with Gasteiger partial charge >= 0.3 is 0 Å². The molecule has 0 spiro atoms. The van der Waals surface area contributed by atoms with Crippen LogP contribution in [0.3, 0.4) is 0 Å². The van der Waals surface area contributed by atoms with Gasteiger partial charge in [-0.05, 0) is 23.6 Å². The fraction of sp³-hybridized carbons (Fsp3) is 0.385. The zero-order valence-electron chi connectivity index (χ0n) is 10.7. The number of hydrogen-bond donors (Lipinski definition) is 1. The minimum atomic E-state index is -0.586. The molecule has 0 amide bonds. The molecule has 1 aromatic heterocycles. The van der Waals surface area contributed by atoms with Crippen molar-refractivity contribution in [2.24, 2.45) is 5.92 Å². The van der Waals surface area contributed by atoms with Crippen molar-refractivity contribution in [3.8, 4) is 0 Å². The van der Waals surface area contributed by atoms with Crippen LogP contribution in [-0.2, 0) is 6.54 Å². The quantitative estimate of drug-likeness (QED) is 0.905. The Morgan fingerprint density at radius 1 is 1.21 bits per heavy atom. The van der Waals surface area contributed by atoms with Crippen LogP contribution >= 0.6 is 0 Å². The van der Waals surface area contributed by atoms with Crippen molar-refractivity contribution in [1.29, 1.82) is 0 Å². The first-order valence-electron chi connectivity index (χ1n) is 6.01. The molecule has 1 atom stereocenters. The van der Waals surface area contributed by atoms with Crippen LogP contribution in [0.4, 0.5) is 8.78 Å². The van der Waals surface area contributed by atoms with Gasteiger partial charge in [-0.25, -0.2) is 8.78 Å². The monoisotopic (exact) mass is 267 g/mol. The Morgan fingerprint density at radius 3 is 2.42 bits per heavy atom. The molecule has 0 saturated carbocycles. The highest BCUT2D eigenvalue weighted by atomic mass is 19.1. The summed E-state index contributed by atoms with van der Waals surface area (Å²) in [6.45, 7) is 4.33. The maximum atomic E-state index is 13.1. The molecule has 2 rings (SSSR count). The molecule has 0 unspecified atom stereocenters. The highest BCUT2D eigenvalue weighted by Crippen LogP contribution is 2.19. The second kappa shape index (κ2) is 5.88. The molecule has 0 aliphatic heterocycles. The standard InChI is InChI=1S/C13H15F2N3O/c1-8(2)12(13-17-7-19-18-13)16-6-9-3-10(14)5-11(15)4-9/h3-5,7-8,12,16H,6H2,1-2H3/t12-/m1/s1. The Hall–Kier alpha value is -1.82. The third kappa shape index (κ3) is 3.57. The smallest absolute Gasteiger partial charge is 0.213 e.